The highest BCUT2D eigenvalue weighted by Gasteiger charge is 2.39. The van der Waals surface area contributed by atoms with Gasteiger partial charge < -0.3 is 9.47 Å². The maximum Gasteiger partial charge on any atom is 0.203 e. The van der Waals surface area contributed by atoms with Gasteiger partial charge in [-0.25, -0.2) is 0 Å². The molecule has 13 heavy (non-hydrogen) atoms. The third-order valence-corrected chi connectivity index (χ3v) is 8.50. The third kappa shape index (κ3) is 2.86. The second-order valence-electron chi connectivity index (χ2n) is 3.02. The van der Waals surface area contributed by atoms with Crippen molar-refractivity contribution in [1.82, 2.24) is 0 Å². The first kappa shape index (κ1) is 13.8. The zero-order chi connectivity index (χ0) is 10.5. The molecule has 0 aliphatic heterocycles. The Bertz CT molecular complexity index is 132. The van der Waals surface area contributed by atoms with E-state index in [1.54, 1.807) is 14.2 Å². The lowest BCUT2D eigenvalue weighted by Gasteiger charge is -2.41. The van der Waals surface area contributed by atoms with Crippen LogP contribution in [0.2, 0.25) is 0 Å². The van der Waals surface area contributed by atoms with Crippen molar-refractivity contribution in [3.8, 4) is 0 Å². The molecule has 0 fully saturated rings. The van der Waals surface area contributed by atoms with Gasteiger partial charge in [0.1, 0.15) is 0 Å². The van der Waals surface area contributed by atoms with Gasteiger partial charge in [0.25, 0.3) is 0 Å². The van der Waals surface area contributed by atoms with E-state index in [4.69, 9.17) is 9.47 Å². The van der Waals surface area contributed by atoms with Crippen molar-refractivity contribution in [2.24, 2.45) is 0 Å². The van der Waals surface area contributed by atoms with Crippen molar-refractivity contribution in [2.45, 2.75) is 19.1 Å². The van der Waals surface area contributed by atoms with E-state index in [1.807, 2.05) is 0 Å². The molecule has 0 aromatic heterocycles. The third-order valence-electron chi connectivity index (χ3n) is 2.26. The minimum Gasteiger partial charge on any atom is -0.346 e. The summed E-state index contributed by atoms with van der Waals surface area (Å²) in [6.07, 6.45) is 2.35. The molecule has 0 rings (SSSR count). The molecule has 80 valence electrons. The van der Waals surface area contributed by atoms with Gasteiger partial charge >= 0.3 is 0 Å². The van der Waals surface area contributed by atoms with Crippen LogP contribution in [0.5, 0.6) is 0 Å². The molecule has 0 aromatic rings. The van der Waals surface area contributed by atoms with Crippen LogP contribution in [0, 0.1) is 0 Å². The van der Waals surface area contributed by atoms with E-state index in [9.17, 15) is 0 Å². The van der Waals surface area contributed by atoms with E-state index in [0.717, 1.165) is 0 Å². The number of hydrogen-bond acceptors (Lipinski definition) is 2. The quantitative estimate of drug-likeness (QED) is 0.509. The van der Waals surface area contributed by atoms with Gasteiger partial charge in [0.05, 0.1) is 0 Å². The van der Waals surface area contributed by atoms with Gasteiger partial charge in [-0.05, 0) is 41.5 Å². The van der Waals surface area contributed by atoms with E-state index < -0.39 is 0 Å². The van der Waals surface area contributed by atoms with Gasteiger partial charge in [-0.3, -0.25) is 0 Å². The van der Waals surface area contributed by atoms with Gasteiger partial charge in [0.2, 0.25) is 5.27 Å². The molecule has 0 bridgehead atoms. The molecule has 0 unspecified atom stereocenters. The van der Waals surface area contributed by atoms with Crippen LogP contribution in [-0.2, 0) is 9.47 Å². The predicted molar refractivity (Wildman–Crippen MR) is 63.5 cm³/mol. The fourth-order valence-electron chi connectivity index (χ4n) is 1.61. The highest BCUT2D eigenvalue weighted by Crippen LogP contribution is 2.64. The molecule has 0 saturated heterocycles. The SMILES string of the molecule is CCP(CC)C(OC)(OC)P(C)C. The summed E-state index contributed by atoms with van der Waals surface area (Å²) >= 11 is 0. The van der Waals surface area contributed by atoms with E-state index in [2.05, 4.69) is 27.2 Å². The Balaban J connectivity index is 4.71. The molecule has 0 aliphatic carbocycles. The van der Waals surface area contributed by atoms with Crippen molar-refractivity contribution in [3.05, 3.63) is 0 Å². The monoisotopic (exact) mass is 224 g/mol. The molecule has 0 N–H and O–H groups in total. The average Bonchev–Trinajstić information content (AvgIpc) is 2.13. The summed E-state index contributed by atoms with van der Waals surface area (Å²) in [5.74, 6) is 0. The van der Waals surface area contributed by atoms with Gasteiger partial charge in [-0.1, -0.05) is 13.8 Å². The molecule has 0 saturated carbocycles. The van der Waals surface area contributed by atoms with Crippen LogP contribution in [0.15, 0.2) is 0 Å². The minimum atomic E-state index is -0.270. The molecule has 0 radical (unpaired) electrons. The summed E-state index contributed by atoms with van der Waals surface area (Å²) in [7, 11) is 3.17. The summed E-state index contributed by atoms with van der Waals surface area (Å²) < 4.78 is 11.3. The van der Waals surface area contributed by atoms with Crippen LogP contribution < -0.4 is 0 Å². The highest BCUT2D eigenvalue weighted by molar-refractivity contribution is 7.76. The Labute approximate surface area is 84.9 Å². The summed E-state index contributed by atoms with van der Waals surface area (Å²) in [4.78, 5) is 0. The average molecular weight is 224 g/mol. The van der Waals surface area contributed by atoms with Crippen LogP contribution in [-0.4, -0.2) is 45.1 Å². The number of ether oxygens (including phenoxy) is 2. The first-order valence-electron chi connectivity index (χ1n) is 4.61. The number of rotatable bonds is 6. The van der Waals surface area contributed by atoms with E-state index in [-0.39, 0.29) is 21.1 Å². The van der Waals surface area contributed by atoms with Crippen LogP contribution in [0.3, 0.4) is 0 Å². The van der Waals surface area contributed by atoms with Crippen molar-refractivity contribution in [1.29, 1.82) is 0 Å². The lowest BCUT2D eigenvalue weighted by Crippen LogP contribution is -2.30. The van der Waals surface area contributed by atoms with Crippen LogP contribution in [0.1, 0.15) is 13.8 Å². The molecule has 2 nitrogen and oxygen atoms in total. The van der Waals surface area contributed by atoms with Gasteiger partial charge in [-0.15, -0.1) is 0 Å². The first-order valence-corrected chi connectivity index (χ1v) is 8.56. The maximum absolute atomic E-state index is 5.63. The van der Waals surface area contributed by atoms with Crippen LogP contribution in [0.25, 0.3) is 0 Å². The van der Waals surface area contributed by atoms with Crippen LogP contribution >= 0.6 is 15.8 Å². The smallest absolute Gasteiger partial charge is 0.203 e. The highest BCUT2D eigenvalue weighted by atomic mass is 31.2. The fourth-order valence-corrected chi connectivity index (χ4v) is 7.22. The molecule has 0 spiro atoms. The topological polar surface area (TPSA) is 18.5 Å². The Kier molecular flexibility index (Phi) is 6.68. The van der Waals surface area contributed by atoms with E-state index >= 15 is 0 Å². The number of hydrogen-bond donors (Lipinski definition) is 0. The van der Waals surface area contributed by atoms with Crippen molar-refractivity contribution >= 4 is 15.8 Å². The molecular formula is C9H22O2P2. The zero-order valence-corrected chi connectivity index (χ0v) is 11.4. The summed E-state index contributed by atoms with van der Waals surface area (Å²) in [6.45, 7) is 8.90. The van der Waals surface area contributed by atoms with E-state index in [0.29, 0.717) is 0 Å². The molecule has 0 heterocycles. The van der Waals surface area contributed by atoms with Gasteiger partial charge in [0.15, 0.2) is 0 Å². The lowest BCUT2D eigenvalue weighted by molar-refractivity contribution is -0.0731. The molecule has 4 heteroatoms. The molecule has 0 aliphatic rings. The van der Waals surface area contributed by atoms with Crippen molar-refractivity contribution in [2.75, 3.05) is 39.9 Å². The maximum atomic E-state index is 5.63. The molecule has 0 aromatic carbocycles. The second-order valence-corrected chi connectivity index (χ2v) is 8.69. The number of methoxy groups -OCH3 is 2. The lowest BCUT2D eigenvalue weighted by atomic mass is 11.0. The molecule has 0 atom stereocenters. The first-order chi connectivity index (χ1) is 6.08. The Morgan fingerprint density at radius 3 is 1.46 bits per heavy atom. The van der Waals surface area contributed by atoms with Crippen molar-refractivity contribution in [3.63, 3.8) is 0 Å². The van der Waals surface area contributed by atoms with Gasteiger partial charge in [-0.2, -0.15) is 0 Å². The minimum absolute atomic E-state index is 0.159. The summed E-state index contributed by atoms with van der Waals surface area (Å²) in [5.41, 5.74) is 0. The Morgan fingerprint density at radius 1 is 1.00 bits per heavy atom. The van der Waals surface area contributed by atoms with E-state index in [1.165, 1.54) is 12.3 Å². The van der Waals surface area contributed by atoms with Crippen LogP contribution in [0.4, 0.5) is 0 Å². The molecule has 0 amide bonds. The zero-order valence-electron chi connectivity index (χ0n) is 9.63. The second kappa shape index (κ2) is 6.30. The largest absolute Gasteiger partial charge is 0.346 e. The summed E-state index contributed by atoms with van der Waals surface area (Å²) in [6, 6.07) is 0. The molecular weight excluding hydrogens is 202 g/mol. The Morgan fingerprint density at radius 2 is 1.38 bits per heavy atom. The fraction of sp³-hybridized carbons (Fsp3) is 1.00. The standard InChI is InChI=1S/C9H22O2P2/c1-7-13(8-2)9(10-3,11-4)12(5)6/h7-8H2,1-6H3. The van der Waals surface area contributed by atoms with Crippen molar-refractivity contribution < 1.29 is 9.47 Å². The summed E-state index contributed by atoms with van der Waals surface area (Å²) in [5, 5.41) is -0.270. The Hall–Kier alpha value is 0.780. The predicted octanol–water partition coefficient (Wildman–Crippen LogP) is 3.15. The van der Waals surface area contributed by atoms with Gasteiger partial charge in [0, 0.05) is 14.2 Å². The normalized spacial score (nSPS) is 12.9.